The standard InChI is InChI=1S/C20H22O2Se/c1-3-8-16(9-4-1)18-12-7-13-20(21-14-15-22-20)19(18)23-17-10-5-2-6-11-17/h1-6,8-11,18-19H,7,12-15H2/t18-,19+/m1/s1. The number of hydrogen-bond donors (Lipinski definition) is 0. The Bertz CT molecular complexity index is 623. The predicted molar refractivity (Wildman–Crippen MR) is 93.2 cm³/mol. The fourth-order valence-electron chi connectivity index (χ4n) is 3.81. The molecule has 0 aromatic heterocycles. The average molecular weight is 373 g/mol. The molecule has 1 heterocycles. The zero-order chi connectivity index (χ0) is 15.5. The van der Waals surface area contributed by atoms with Crippen molar-refractivity contribution >= 4 is 19.4 Å². The molecule has 2 nitrogen and oxygen atoms in total. The number of ether oxygens (including phenoxy) is 2. The third-order valence-electron chi connectivity index (χ3n) is 4.85. The summed E-state index contributed by atoms with van der Waals surface area (Å²) in [4.78, 5) is 0.441. The second-order valence-corrected chi connectivity index (χ2v) is 8.82. The van der Waals surface area contributed by atoms with Gasteiger partial charge in [-0.2, -0.15) is 0 Å². The monoisotopic (exact) mass is 374 g/mol. The third kappa shape index (κ3) is 3.11. The Morgan fingerprint density at radius 2 is 1.52 bits per heavy atom. The molecule has 0 radical (unpaired) electrons. The van der Waals surface area contributed by atoms with E-state index in [0.29, 0.717) is 25.7 Å². The summed E-state index contributed by atoms with van der Waals surface area (Å²) in [5, 5.41) is 0. The maximum atomic E-state index is 6.21. The van der Waals surface area contributed by atoms with Crippen molar-refractivity contribution in [3.63, 3.8) is 0 Å². The molecule has 2 aliphatic rings. The Balaban J connectivity index is 1.69. The molecule has 2 fully saturated rings. The summed E-state index contributed by atoms with van der Waals surface area (Å²) in [6, 6.07) is 21.8. The van der Waals surface area contributed by atoms with Crippen LogP contribution >= 0.6 is 0 Å². The Morgan fingerprint density at radius 3 is 2.22 bits per heavy atom. The van der Waals surface area contributed by atoms with Crippen LogP contribution in [0.1, 0.15) is 30.7 Å². The molecule has 23 heavy (non-hydrogen) atoms. The molecular weight excluding hydrogens is 351 g/mol. The molecule has 2 aromatic rings. The van der Waals surface area contributed by atoms with Gasteiger partial charge in [0.15, 0.2) is 0 Å². The summed E-state index contributed by atoms with van der Waals surface area (Å²) < 4.78 is 13.9. The number of hydrogen-bond acceptors (Lipinski definition) is 2. The molecule has 0 bridgehead atoms. The van der Waals surface area contributed by atoms with E-state index >= 15 is 0 Å². The van der Waals surface area contributed by atoms with E-state index in [0.717, 1.165) is 19.6 Å². The molecule has 2 atom stereocenters. The van der Waals surface area contributed by atoms with Gasteiger partial charge < -0.3 is 0 Å². The van der Waals surface area contributed by atoms with Gasteiger partial charge in [-0.25, -0.2) is 0 Å². The maximum absolute atomic E-state index is 6.21. The summed E-state index contributed by atoms with van der Waals surface area (Å²) in [5.41, 5.74) is 1.44. The van der Waals surface area contributed by atoms with Crippen LogP contribution in [0.25, 0.3) is 0 Å². The van der Waals surface area contributed by atoms with Gasteiger partial charge in [0.05, 0.1) is 0 Å². The van der Waals surface area contributed by atoms with E-state index in [2.05, 4.69) is 60.7 Å². The van der Waals surface area contributed by atoms with Gasteiger partial charge in [0, 0.05) is 0 Å². The van der Waals surface area contributed by atoms with E-state index in [1.807, 2.05) is 0 Å². The topological polar surface area (TPSA) is 18.5 Å². The molecular formula is C20H22O2Se. The first kappa shape index (κ1) is 15.4. The Morgan fingerprint density at radius 1 is 0.870 bits per heavy atom. The van der Waals surface area contributed by atoms with E-state index in [1.165, 1.54) is 22.9 Å². The van der Waals surface area contributed by atoms with Gasteiger partial charge in [-0.05, 0) is 0 Å². The van der Waals surface area contributed by atoms with E-state index in [1.54, 1.807) is 0 Å². The van der Waals surface area contributed by atoms with Crippen molar-refractivity contribution < 1.29 is 9.47 Å². The van der Waals surface area contributed by atoms with Crippen LogP contribution in [0, 0.1) is 0 Å². The first-order valence-corrected chi connectivity index (χ1v) is 10.3. The quantitative estimate of drug-likeness (QED) is 0.767. The van der Waals surface area contributed by atoms with Crippen molar-refractivity contribution in [3.05, 3.63) is 66.2 Å². The predicted octanol–water partition coefficient (Wildman–Crippen LogP) is 3.52. The van der Waals surface area contributed by atoms with Crippen LogP contribution in [0.4, 0.5) is 0 Å². The summed E-state index contributed by atoms with van der Waals surface area (Å²) in [5.74, 6) is 0.178. The van der Waals surface area contributed by atoms with Crippen molar-refractivity contribution in [2.24, 2.45) is 0 Å². The van der Waals surface area contributed by atoms with Crippen LogP contribution in [0.15, 0.2) is 60.7 Å². The molecule has 4 rings (SSSR count). The third-order valence-corrected chi connectivity index (χ3v) is 7.97. The van der Waals surface area contributed by atoms with Crippen LogP contribution in [0.2, 0.25) is 4.82 Å². The van der Waals surface area contributed by atoms with Crippen molar-refractivity contribution in [1.82, 2.24) is 0 Å². The molecule has 2 aromatic carbocycles. The zero-order valence-electron chi connectivity index (χ0n) is 13.2. The molecule has 1 spiro atoms. The fraction of sp³-hybridized carbons (Fsp3) is 0.400. The zero-order valence-corrected chi connectivity index (χ0v) is 14.9. The van der Waals surface area contributed by atoms with Gasteiger partial charge in [-0.15, -0.1) is 0 Å². The van der Waals surface area contributed by atoms with E-state index in [-0.39, 0.29) is 5.79 Å². The van der Waals surface area contributed by atoms with E-state index in [4.69, 9.17) is 9.47 Å². The second kappa shape index (κ2) is 6.78. The summed E-state index contributed by atoms with van der Waals surface area (Å²) in [7, 11) is 0. The van der Waals surface area contributed by atoms with Gasteiger partial charge in [-0.3, -0.25) is 0 Å². The summed E-state index contributed by atoms with van der Waals surface area (Å²) in [6.07, 6.45) is 3.45. The average Bonchev–Trinajstić information content (AvgIpc) is 3.08. The number of benzene rings is 2. The van der Waals surface area contributed by atoms with Crippen molar-refractivity contribution in [1.29, 1.82) is 0 Å². The Hall–Kier alpha value is -1.12. The van der Waals surface area contributed by atoms with Crippen LogP contribution in [0.3, 0.4) is 0 Å². The molecule has 3 heteroatoms. The van der Waals surface area contributed by atoms with Crippen molar-refractivity contribution in [2.45, 2.75) is 35.8 Å². The van der Waals surface area contributed by atoms with E-state index in [9.17, 15) is 0 Å². The number of rotatable bonds is 3. The van der Waals surface area contributed by atoms with E-state index < -0.39 is 0 Å². The van der Waals surface area contributed by atoms with Gasteiger partial charge in [0.2, 0.25) is 0 Å². The van der Waals surface area contributed by atoms with Gasteiger partial charge >= 0.3 is 144 Å². The molecule has 120 valence electrons. The van der Waals surface area contributed by atoms with Crippen LogP contribution < -0.4 is 4.46 Å². The van der Waals surface area contributed by atoms with Crippen LogP contribution in [-0.2, 0) is 9.47 Å². The Labute approximate surface area is 144 Å². The fourth-order valence-corrected chi connectivity index (χ4v) is 6.95. The summed E-state index contributed by atoms with van der Waals surface area (Å²) >= 11 is 0.340. The molecule has 0 amide bonds. The first-order chi connectivity index (χ1) is 11.4. The molecule has 1 saturated carbocycles. The molecule has 1 aliphatic carbocycles. The second-order valence-electron chi connectivity index (χ2n) is 6.27. The first-order valence-electron chi connectivity index (χ1n) is 8.42. The summed E-state index contributed by atoms with van der Waals surface area (Å²) in [6.45, 7) is 1.48. The minimum atomic E-state index is -0.353. The minimum absolute atomic E-state index is 0.340. The normalized spacial score (nSPS) is 26.4. The molecule has 1 saturated heterocycles. The molecule has 0 N–H and O–H groups in total. The van der Waals surface area contributed by atoms with Crippen molar-refractivity contribution in [2.75, 3.05) is 13.2 Å². The van der Waals surface area contributed by atoms with Crippen molar-refractivity contribution in [3.8, 4) is 0 Å². The Kier molecular flexibility index (Phi) is 4.54. The molecule has 1 aliphatic heterocycles. The van der Waals surface area contributed by atoms with Crippen LogP contribution in [-0.4, -0.2) is 34.0 Å². The molecule has 0 unspecified atom stereocenters. The van der Waals surface area contributed by atoms with Gasteiger partial charge in [0.25, 0.3) is 0 Å². The van der Waals surface area contributed by atoms with Gasteiger partial charge in [0.1, 0.15) is 0 Å². The van der Waals surface area contributed by atoms with Gasteiger partial charge in [-0.1, -0.05) is 0 Å². The SMILES string of the molecule is c1ccc([Se][C@H]2[C@@H](c3ccccc3)CCCC23OCCO3)cc1. The van der Waals surface area contributed by atoms with Crippen LogP contribution in [0.5, 0.6) is 0 Å².